The first kappa shape index (κ1) is 87.3. The minimum atomic E-state index is 0.620. The average molecular weight is 1920 g/mol. The number of benzene rings is 21. The van der Waals surface area contributed by atoms with Crippen LogP contribution in [-0.2, 0) is 0 Å². The fourth-order valence-corrected chi connectivity index (χ4v) is 22.1. The quantitative estimate of drug-likeness (QED) is 0.0979. The molecule has 150 heavy (non-hydrogen) atoms. The Morgan fingerprint density at radius 2 is 0.327 bits per heavy atom. The number of rotatable bonds is 15. The Kier molecular flexibility index (Phi) is 21.5. The van der Waals surface area contributed by atoms with E-state index in [0.29, 0.717) is 52.4 Å². The zero-order chi connectivity index (χ0) is 99.1. The summed E-state index contributed by atoms with van der Waals surface area (Å²) in [6, 6.07) is 184. The summed E-state index contributed by atoms with van der Waals surface area (Å²) in [5, 5.41) is 14.5. The summed E-state index contributed by atoms with van der Waals surface area (Å²) in [4.78, 5) is 45.7. The predicted molar refractivity (Wildman–Crippen MR) is 614 cm³/mol. The molecule has 0 radical (unpaired) electrons. The van der Waals surface area contributed by atoms with Gasteiger partial charge < -0.3 is 27.4 Å². The summed E-state index contributed by atoms with van der Waals surface area (Å²) in [6.45, 7) is 0. The first-order valence-corrected chi connectivity index (χ1v) is 50.4. The molecule has 0 saturated heterocycles. The lowest BCUT2D eigenvalue weighted by molar-refractivity contribution is 1.06. The van der Waals surface area contributed by atoms with Gasteiger partial charge in [-0.05, 0) is 133 Å². The fraction of sp³-hybridized carbons (Fsp3) is 0. The molecule has 0 aliphatic rings. The highest BCUT2D eigenvalue weighted by Crippen LogP contribution is 2.49. The van der Waals surface area contributed by atoms with Crippen LogP contribution in [0.4, 0.5) is 0 Å². The van der Waals surface area contributed by atoms with E-state index in [-0.39, 0.29) is 0 Å². The average Bonchev–Trinajstić information content (AvgIpc) is 1.55. The number of hydrogen-bond donors (Lipinski definition) is 0. The molecule has 0 atom stereocenters. The third-order valence-corrected chi connectivity index (χ3v) is 28.7. The highest BCUT2D eigenvalue weighted by Gasteiger charge is 2.30. The maximum atomic E-state index is 5.15. The van der Waals surface area contributed by atoms with Crippen molar-refractivity contribution in [2.45, 2.75) is 0 Å². The molecule has 30 aromatic rings. The van der Waals surface area contributed by atoms with Crippen molar-refractivity contribution in [3.8, 4) is 137 Å². The van der Waals surface area contributed by atoms with Crippen LogP contribution in [0.2, 0.25) is 0 Å². The molecular formula is C135H87N15. The van der Waals surface area contributed by atoms with E-state index in [4.69, 9.17) is 44.9 Å². The third kappa shape index (κ3) is 15.0. The van der Waals surface area contributed by atoms with Crippen LogP contribution in [0.5, 0.6) is 0 Å². The second kappa shape index (κ2) is 37.0. The van der Waals surface area contributed by atoms with E-state index in [0.717, 1.165) is 123 Å². The third-order valence-electron chi connectivity index (χ3n) is 28.7. The van der Waals surface area contributed by atoms with Gasteiger partial charge in [-0.25, -0.2) is 44.9 Å². The maximum absolute atomic E-state index is 5.15. The summed E-state index contributed by atoms with van der Waals surface area (Å²) >= 11 is 0. The van der Waals surface area contributed by atoms with Crippen molar-refractivity contribution >= 4 is 131 Å². The lowest BCUT2D eigenvalue weighted by Gasteiger charge is -2.16. The van der Waals surface area contributed by atoms with E-state index in [9.17, 15) is 0 Å². The van der Waals surface area contributed by atoms with Crippen LogP contribution in [0.3, 0.4) is 0 Å². The molecule has 0 amide bonds. The lowest BCUT2D eigenvalue weighted by Crippen LogP contribution is -2.04. The first-order chi connectivity index (χ1) is 74.5. The van der Waals surface area contributed by atoms with Gasteiger partial charge >= 0.3 is 0 Å². The van der Waals surface area contributed by atoms with Gasteiger partial charge in [0.15, 0.2) is 52.4 Å². The Morgan fingerprint density at radius 3 is 0.667 bits per heavy atom. The van der Waals surface area contributed by atoms with Gasteiger partial charge in [-0.15, -0.1) is 0 Å². The van der Waals surface area contributed by atoms with Gasteiger partial charge in [0.1, 0.15) is 0 Å². The van der Waals surface area contributed by atoms with Gasteiger partial charge in [-0.1, -0.05) is 394 Å². The van der Waals surface area contributed by atoms with Crippen LogP contribution < -0.4 is 0 Å². The molecule has 0 saturated carbocycles. The second-order valence-corrected chi connectivity index (χ2v) is 37.4. The molecule has 0 bridgehead atoms. The molecule has 0 N–H and O–H groups in total. The molecule has 21 aromatic carbocycles. The molecule has 0 unspecified atom stereocenters. The summed E-state index contributed by atoms with van der Waals surface area (Å²) in [7, 11) is 0. The Morgan fingerprint density at radius 1 is 0.120 bits per heavy atom. The van der Waals surface area contributed by atoms with Crippen molar-refractivity contribution < 1.29 is 0 Å². The normalized spacial score (nSPS) is 11.6. The monoisotopic (exact) mass is 1920 g/mol. The summed E-state index contributed by atoms with van der Waals surface area (Å²) in [6.07, 6.45) is 0. The van der Waals surface area contributed by atoms with Crippen LogP contribution in [0, 0.1) is 0 Å². The van der Waals surface area contributed by atoms with Crippen LogP contribution in [-0.4, -0.2) is 72.3 Å². The van der Waals surface area contributed by atoms with E-state index in [1.807, 2.05) is 182 Å². The predicted octanol–water partition coefficient (Wildman–Crippen LogP) is 33.2. The van der Waals surface area contributed by atoms with Crippen molar-refractivity contribution in [1.82, 2.24) is 72.3 Å². The highest BCUT2D eigenvalue weighted by molar-refractivity contribution is 6.30. The van der Waals surface area contributed by atoms with Gasteiger partial charge in [0.2, 0.25) is 0 Å². The van der Waals surface area contributed by atoms with Crippen LogP contribution >= 0.6 is 0 Å². The molecule has 0 spiro atoms. The molecule has 30 rings (SSSR count). The Labute approximate surface area is 861 Å². The zero-order valence-corrected chi connectivity index (χ0v) is 80.9. The van der Waals surface area contributed by atoms with E-state index in [1.165, 1.54) is 92.2 Å². The van der Waals surface area contributed by atoms with Crippen LogP contribution in [0.25, 0.3) is 267 Å². The minimum Gasteiger partial charge on any atom is -0.309 e. The molecule has 0 aliphatic carbocycles. The van der Waals surface area contributed by atoms with Crippen molar-refractivity contribution in [1.29, 1.82) is 0 Å². The Hall–Kier alpha value is -20.6. The van der Waals surface area contributed by atoms with Crippen molar-refractivity contribution in [2.24, 2.45) is 0 Å². The SMILES string of the molecule is c1ccc(-c2nc(-c3ccccc3)nc(-c3ccccc3-n3c4ccccc4c4c5c6ccccc6n(-c6ccccc6)c5ccc43)n2)cc1.c1ccc(-c2nc(-c3ccccc3)nc(-c3ccccc3-n3c4ccccc4c4cc5c(cc43)c3ccccc3n5-c3ccccc3)n2)cc1.c1ccc(-c2nc(-c3ccccc3)nc(-c3ccccc3-n3c4ccccc4c4ccc5c6ccccc6n(-c6ccccc6)c5c43)n2)cc1. The summed E-state index contributed by atoms with van der Waals surface area (Å²) < 4.78 is 14.3. The molecular weight excluding hydrogens is 1830 g/mol. The fourth-order valence-electron chi connectivity index (χ4n) is 22.1. The summed E-state index contributed by atoms with van der Waals surface area (Å²) in [5.41, 5.74) is 28.7. The topological polar surface area (TPSA) is 146 Å². The standard InChI is InChI=1S/3C45H29N5/c1-4-16-30(17-5-1)43-46-44(31-18-6-2-7-19-31)48-45(47-43)35-24-12-15-27-40(35)50-39-26-14-11-23-34(39)37-28-41-36(29-42(37)50)33-22-10-13-25-38(33)49(41)32-20-8-3-9-21-32;1-4-16-30(17-5-1)43-46-44(31-18-6-2-7-19-31)48-45(47-43)37-24-12-15-27-40(37)50-39-26-14-11-23-34(39)36-29-28-35-33-22-10-13-25-38(33)49(41(35)42(36)50)32-20-8-3-9-21-32;1-4-16-30(17-5-1)43-46-44(31-18-6-2-7-19-31)48-45(47-43)35-24-12-15-27-38(35)50-37-26-14-11-23-34(37)42-40(50)29-28-39-41(42)33-22-10-13-25-36(33)49(39)32-20-8-3-9-21-32/h3*1-29H. The summed E-state index contributed by atoms with van der Waals surface area (Å²) in [5.74, 6) is 5.71. The molecule has 702 valence electrons. The van der Waals surface area contributed by atoms with Gasteiger partial charge in [0, 0.05) is 132 Å². The largest absolute Gasteiger partial charge is 0.309 e. The molecule has 0 fully saturated rings. The second-order valence-electron chi connectivity index (χ2n) is 37.4. The van der Waals surface area contributed by atoms with E-state index >= 15 is 0 Å². The molecule has 15 heteroatoms. The van der Waals surface area contributed by atoms with Crippen molar-refractivity contribution in [2.75, 3.05) is 0 Å². The smallest absolute Gasteiger partial charge is 0.166 e. The van der Waals surface area contributed by atoms with Gasteiger partial charge in [-0.3, -0.25) is 0 Å². The number of hydrogen-bond acceptors (Lipinski definition) is 9. The number of para-hydroxylation sites is 12. The van der Waals surface area contributed by atoms with Crippen LogP contribution in [0.1, 0.15) is 0 Å². The number of nitrogens with zero attached hydrogens (tertiary/aromatic N) is 15. The van der Waals surface area contributed by atoms with Gasteiger partial charge in [0.25, 0.3) is 0 Å². The lowest BCUT2D eigenvalue weighted by atomic mass is 10.1. The number of fused-ring (bicyclic) bond motifs is 20. The van der Waals surface area contributed by atoms with Gasteiger partial charge in [-0.2, -0.15) is 0 Å². The molecule has 15 nitrogen and oxygen atoms in total. The van der Waals surface area contributed by atoms with Crippen LogP contribution in [0.15, 0.2) is 528 Å². The van der Waals surface area contributed by atoms with Crippen molar-refractivity contribution in [3.63, 3.8) is 0 Å². The van der Waals surface area contributed by atoms with Gasteiger partial charge in [0.05, 0.1) is 83.3 Å². The maximum Gasteiger partial charge on any atom is 0.166 e. The Balaban J connectivity index is 0.000000108. The minimum absolute atomic E-state index is 0.620. The molecule has 9 aromatic heterocycles. The Bertz CT molecular complexity index is 10000. The molecule has 0 aliphatic heterocycles. The van der Waals surface area contributed by atoms with E-state index in [1.54, 1.807) is 0 Å². The number of aromatic nitrogens is 15. The highest BCUT2D eigenvalue weighted by atomic mass is 15.1. The van der Waals surface area contributed by atoms with E-state index in [2.05, 4.69) is 373 Å². The molecule has 9 heterocycles. The first-order valence-electron chi connectivity index (χ1n) is 50.4. The van der Waals surface area contributed by atoms with Crippen molar-refractivity contribution in [3.05, 3.63) is 528 Å². The zero-order valence-electron chi connectivity index (χ0n) is 80.9. The van der Waals surface area contributed by atoms with E-state index < -0.39 is 0 Å².